The number of hydrogen-bond acceptors (Lipinski definition) is 2. The molecule has 4 nitrogen and oxygen atoms in total. The van der Waals surface area contributed by atoms with Gasteiger partial charge in [0.25, 0.3) is 11.9 Å². The molecule has 12 heavy (non-hydrogen) atoms. The number of carboxylic acids is 2. The minimum absolute atomic E-state index is 0. The standard InChI is InChI=1S/2C2H4O2.4Na.4H/c2*1-2(3)4;;;;;;;;/h2*1H3,(H,3,4);;;;;;;;. The Morgan fingerprint density at radius 3 is 0.750 bits per heavy atom. The van der Waals surface area contributed by atoms with Gasteiger partial charge in [-0.25, -0.2) is 0 Å². The molecule has 0 aromatic rings. The molecule has 8 heteroatoms. The number of carbonyl (C=O) groups is 2. The molecule has 0 amide bonds. The molecule has 0 aliphatic heterocycles. The Balaban J connectivity index is -0.0000000112. The quantitative estimate of drug-likeness (QED) is 0.442. The van der Waals surface area contributed by atoms with E-state index in [1.807, 2.05) is 0 Å². The Kier molecular flexibility index (Phi) is 88.4. The number of hydrogen-bond donors (Lipinski definition) is 2. The van der Waals surface area contributed by atoms with Crippen LogP contribution in [-0.2, 0) is 9.59 Å². The molecule has 0 spiro atoms. The summed E-state index contributed by atoms with van der Waals surface area (Å²) < 4.78 is 0. The van der Waals surface area contributed by atoms with Gasteiger partial charge in [-0.3, -0.25) is 9.59 Å². The fourth-order valence-electron chi connectivity index (χ4n) is 0. The summed E-state index contributed by atoms with van der Waals surface area (Å²) in [6, 6.07) is 0. The van der Waals surface area contributed by atoms with Gasteiger partial charge in [-0.1, -0.05) is 0 Å². The predicted molar refractivity (Wildman–Crippen MR) is 55.2 cm³/mol. The van der Waals surface area contributed by atoms with Crippen molar-refractivity contribution in [3.63, 3.8) is 0 Å². The van der Waals surface area contributed by atoms with Crippen molar-refractivity contribution in [2.24, 2.45) is 0 Å². The van der Waals surface area contributed by atoms with Crippen LogP contribution < -0.4 is 0 Å². The van der Waals surface area contributed by atoms with E-state index in [0.29, 0.717) is 0 Å². The van der Waals surface area contributed by atoms with Crippen LogP contribution in [0.2, 0.25) is 0 Å². The summed E-state index contributed by atoms with van der Waals surface area (Å²) in [6.45, 7) is 2.17. The first-order chi connectivity index (χ1) is 3.46. The molecule has 0 aliphatic carbocycles. The van der Waals surface area contributed by atoms with Gasteiger partial charge in [0.15, 0.2) is 0 Å². The van der Waals surface area contributed by atoms with Crippen LogP contribution >= 0.6 is 0 Å². The van der Waals surface area contributed by atoms with Gasteiger partial charge in [0.2, 0.25) is 0 Å². The van der Waals surface area contributed by atoms with Crippen LogP contribution in [-0.4, -0.2) is 140 Å². The van der Waals surface area contributed by atoms with Crippen LogP contribution in [0.5, 0.6) is 0 Å². The van der Waals surface area contributed by atoms with Crippen molar-refractivity contribution in [2.75, 3.05) is 0 Å². The predicted octanol–water partition coefficient (Wildman–Crippen LogP) is -2.41. The second kappa shape index (κ2) is 29.2. The fraction of sp³-hybridized carbons (Fsp3) is 0.500. The first-order valence-corrected chi connectivity index (χ1v) is 1.86. The molecule has 0 radical (unpaired) electrons. The van der Waals surface area contributed by atoms with Crippen LogP contribution in [0.4, 0.5) is 0 Å². The first-order valence-electron chi connectivity index (χ1n) is 1.86. The Labute approximate surface area is 160 Å². The topological polar surface area (TPSA) is 74.6 Å². The zero-order valence-corrected chi connectivity index (χ0v) is 4.71. The fourth-order valence-corrected chi connectivity index (χ4v) is 0. The summed E-state index contributed by atoms with van der Waals surface area (Å²) in [6.07, 6.45) is 0. The molecule has 0 aliphatic rings. The second-order valence-corrected chi connectivity index (χ2v) is 1.04. The Morgan fingerprint density at radius 2 is 0.750 bits per heavy atom. The van der Waals surface area contributed by atoms with Crippen LogP contribution in [0.15, 0.2) is 0 Å². The number of carboxylic acid groups (broad SMARTS) is 2. The molecule has 0 atom stereocenters. The van der Waals surface area contributed by atoms with Crippen molar-refractivity contribution in [1.82, 2.24) is 0 Å². The second-order valence-electron chi connectivity index (χ2n) is 1.04. The zero-order valence-electron chi connectivity index (χ0n) is 4.71. The molecule has 0 fully saturated rings. The van der Waals surface area contributed by atoms with Crippen molar-refractivity contribution >= 4 is 130 Å². The van der Waals surface area contributed by atoms with Crippen molar-refractivity contribution in [3.05, 3.63) is 0 Å². The number of aliphatic carboxylic acids is 2. The molecule has 0 aromatic carbocycles. The van der Waals surface area contributed by atoms with Crippen molar-refractivity contribution in [1.29, 1.82) is 0 Å². The Morgan fingerprint density at radius 1 is 0.750 bits per heavy atom. The average Bonchev–Trinajstić information content (AvgIpc) is 1.25. The Bertz CT molecular complexity index is 77.1. The zero-order chi connectivity index (χ0) is 7.15. The van der Waals surface area contributed by atoms with Gasteiger partial charge < -0.3 is 10.2 Å². The molecule has 0 rings (SSSR count). The monoisotopic (exact) mass is 216 g/mol. The van der Waals surface area contributed by atoms with Gasteiger partial charge in [0.05, 0.1) is 0 Å². The molecule has 0 aromatic heterocycles. The van der Waals surface area contributed by atoms with E-state index in [1.165, 1.54) is 0 Å². The first kappa shape index (κ1) is 36.3. The third-order valence-electron chi connectivity index (χ3n) is 0. The van der Waals surface area contributed by atoms with Crippen molar-refractivity contribution in [3.8, 4) is 0 Å². The summed E-state index contributed by atoms with van der Waals surface area (Å²) in [5.74, 6) is -1.67. The summed E-state index contributed by atoms with van der Waals surface area (Å²) in [4.78, 5) is 18.0. The molecule has 0 heterocycles. The van der Waals surface area contributed by atoms with Crippen LogP contribution in [0.1, 0.15) is 13.8 Å². The van der Waals surface area contributed by atoms with E-state index in [2.05, 4.69) is 0 Å². The molecule has 0 saturated carbocycles. The van der Waals surface area contributed by atoms with Gasteiger partial charge in [-0.15, -0.1) is 0 Å². The van der Waals surface area contributed by atoms with Crippen LogP contribution in [0.25, 0.3) is 0 Å². The number of rotatable bonds is 0. The molecule has 0 bridgehead atoms. The van der Waals surface area contributed by atoms with Gasteiger partial charge in [0, 0.05) is 13.8 Å². The average molecular weight is 216 g/mol. The molecular formula is C4H12Na4O4. The minimum atomic E-state index is -0.833. The maximum atomic E-state index is 9.00. The maximum absolute atomic E-state index is 9.00. The third kappa shape index (κ3) is 213. The molecule has 56 valence electrons. The van der Waals surface area contributed by atoms with E-state index in [1.54, 1.807) is 0 Å². The van der Waals surface area contributed by atoms with Gasteiger partial charge in [-0.2, -0.15) is 0 Å². The van der Waals surface area contributed by atoms with E-state index in [4.69, 9.17) is 19.8 Å². The molecule has 0 unspecified atom stereocenters. The van der Waals surface area contributed by atoms with E-state index < -0.39 is 11.9 Å². The summed E-state index contributed by atoms with van der Waals surface area (Å²) in [7, 11) is 0. The van der Waals surface area contributed by atoms with E-state index in [0.717, 1.165) is 13.8 Å². The third-order valence-corrected chi connectivity index (χ3v) is 0. The SMILES string of the molecule is CC(=O)O.CC(=O)O.[NaH].[NaH].[NaH].[NaH]. The van der Waals surface area contributed by atoms with E-state index in [-0.39, 0.29) is 118 Å². The van der Waals surface area contributed by atoms with E-state index in [9.17, 15) is 0 Å². The van der Waals surface area contributed by atoms with Crippen LogP contribution in [0, 0.1) is 0 Å². The van der Waals surface area contributed by atoms with Crippen LogP contribution in [0.3, 0.4) is 0 Å². The molecular weight excluding hydrogens is 204 g/mol. The molecule has 2 N–H and O–H groups in total. The van der Waals surface area contributed by atoms with Crippen molar-refractivity contribution in [2.45, 2.75) is 13.8 Å². The molecule has 0 saturated heterocycles. The van der Waals surface area contributed by atoms with Gasteiger partial charge in [-0.05, 0) is 0 Å². The summed E-state index contributed by atoms with van der Waals surface area (Å²) in [5, 5.41) is 14.8. The van der Waals surface area contributed by atoms with Gasteiger partial charge in [0.1, 0.15) is 0 Å². The van der Waals surface area contributed by atoms with Gasteiger partial charge >= 0.3 is 118 Å². The summed E-state index contributed by atoms with van der Waals surface area (Å²) in [5.41, 5.74) is 0. The normalized spacial score (nSPS) is 4.17. The van der Waals surface area contributed by atoms with Crippen molar-refractivity contribution < 1.29 is 19.8 Å². The Hall–Kier alpha value is 2.94. The summed E-state index contributed by atoms with van der Waals surface area (Å²) >= 11 is 0. The van der Waals surface area contributed by atoms with E-state index >= 15 is 0 Å².